The van der Waals surface area contributed by atoms with Gasteiger partial charge in [-0.25, -0.2) is 17.8 Å². The second-order valence-electron chi connectivity index (χ2n) is 5.68. The zero-order valence-electron chi connectivity index (χ0n) is 13.2. The molecule has 7 heteroatoms. The molecule has 3 rings (SSSR count). The maximum Gasteiger partial charge on any atom is 0.192 e. The average Bonchev–Trinajstić information content (AvgIpc) is 2.52. The highest BCUT2D eigenvalue weighted by molar-refractivity contribution is 7.90. The summed E-state index contributed by atoms with van der Waals surface area (Å²) in [7, 11) is -3.44. The lowest BCUT2D eigenvalue weighted by molar-refractivity contribution is 0.598. The van der Waals surface area contributed by atoms with Crippen molar-refractivity contribution in [3.8, 4) is 11.3 Å². The second-order valence-corrected chi connectivity index (χ2v) is 7.64. The summed E-state index contributed by atoms with van der Waals surface area (Å²) in [6.07, 6.45) is 1.10. The number of nitrogens with two attached hydrogens (primary N) is 1. The van der Waals surface area contributed by atoms with Crippen molar-refractivity contribution in [3.05, 3.63) is 54.0 Å². The van der Waals surface area contributed by atoms with Crippen LogP contribution in [0.5, 0.6) is 0 Å². The van der Waals surface area contributed by atoms with Gasteiger partial charge in [0.05, 0.1) is 16.9 Å². The van der Waals surface area contributed by atoms with Crippen LogP contribution in [-0.4, -0.2) is 24.6 Å². The lowest BCUT2D eigenvalue weighted by Crippen LogP contribution is -2.10. The number of aromatic nitrogens is 2. The molecule has 5 nitrogen and oxygen atoms in total. The first kappa shape index (κ1) is 16.5. The van der Waals surface area contributed by atoms with Gasteiger partial charge in [-0.15, -0.1) is 0 Å². The molecule has 2 N–H and O–H groups in total. The van der Waals surface area contributed by atoms with Gasteiger partial charge in [-0.05, 0) is 43.3 Å². The van der Waals surface area contributed by atoms with Crippen LogP contribution in [0.25, 0.3) is 22.2 Å². The summed E-state index contributed by atoms with van der Waals surface area (Å²) in [6, 6.07) is 10.4. The van der Waals surface area contributed by atoms with Gasteiger partial charge in [0.25, 0.3) is 0 Å². The summed E-state index contributed by atoms with van der Waals surface area (Å²) < 4.78 is 37.0. The quantitative estimate of drug-likeness (QED) is 0.789. The molecular formula is C17H16FN3O2S. The highest BCUT2D eigenvalue weighted by atomic mass is 32.2. The summed E-state index contributed by atoms with van der Waals surface area (Å²) in [5.41, 5.74) is 8.23. The van der Waals surface area contributed by atoms with Crippen LogP contribution < -0.4 is 5.73 Å². The minimum absolute atomic E-state index is 0.0324. The fourth-order valence-corrected chi connectivity index (χ4v) is 3.08. The molecular weight excluding hydrogens is 329 g/mol. The predicted molar refractivity (Wildman–Crippen MR) is 90.6 cm³/mol. The molecule has 1 atom stereocenters. The Hall–Kier alpha value is -2.38. The van der Waals surface area contributed by atoms with Gasteiger partial charge in [0.1, 0.15) is 5.82 Å². The molecule has 3 aromatic rings. The smallest absolute Gasteiger partial charge is 0.192 e. The maximum absolute atomic E-state index is 13.5. The Morgan fingerprint density at radius 1 is 1.12 bits per heavy atom. The van der Waals surface area contributed by atoms with Gasteiger partial charge in [0.15, 0.2) is 14.9 Å². The number of halogens is 1. The van der Waals surface area contributed by atoms with E-state index in [9.17, 15) is 12.8 Å². The number of nitrogens with zero attached hydrogens (tertiary/aromatic N) is 2. The van der Waals surface area contributed by atoms with Gasteiger partial charge in [-0.1, -0.05) is 6.07 Å². The number of hydrogen-bond acceptors (Lipinski definition) is 5. The van der Waals surface area contributed by atoms with Crippen molar-refractivity contribution in [2.45, 2.75) is 18.0 Å². The van der Waals surface area contributed by atoms with E-state index in [1.165, 1.54) is 18.2 Å². The molecule has 0 saturated heterocycles. The van der Waals surface area contributed by atoms with Crippen LogP contribution in [0.3, 0.4) is 0 Å². The van der Waals surface area contributed by atoms with Gasteiger partial charge in [0.2, 0.25) is 0 Å². The van der Waals surface area contributed by atoms with Crippen LogP contribution in [0, 0.1) is 5.82 Å². The molecule has 0 aliphatic rings. The molecule has 0 aliphatic heterocycles. The standard InChI is InChI=1S/C17H16FN3O2S/c1-10(19)17-13(9-11-8-12(18)6-7-14(11)21-17)15-4-3-5-16(20-15)24(2,22)23/h3-10H,19H2,1-2H3/t10-/m0/s1. The normalized spacial score (nSPS) is 13.2. The van der Waals surface area contributed by atoms with Gasteiger partial charge in [-0.3, -0.25) is 4.98 Å². The van der Waals surface area contributed by atoms with Crippen LogP contribution >= 0.6 is 0 Å². The van der Waals surface area contributed by atoms with E-state index >= 15 is 0 Å². The number of fused-ring (bicyclic) bond motifs is 1. The summed E-state index contributed by atoms with van der Waals surface area (Å²) in [5, 5.41) is 0.566. The Morgan fingerprint density at radius 3 is 2.54 bits per heavy atom. The molecule has 0 radical (unpaired) electrons. The van der Waals surface area contributed by atoms with E-state index in [4.69, 9.17) is 5.73 Å². The number of benzene rings is 1. The Bertz CT molecular complexity index is 1030. The van der Waals surface area contributed by atoms with E-state index in [1.54, 1.807) is 31.2 Å². The molecule has 1 aromatic carbocycles. The summed E-state index contributed by atoms with van der Waals surface area (Å²) in [5.74, 6) is -0.373. The Labute approximate surface area is 139 Å². The van der Waals surface area contributed by atoms with Gasteiger partial charge >= 0.3 is 0 Å². The number of hydrogen-bond donors (Lipinski definition) is 1. The number of sulfone groups is 1. The predicted octanol–water partition coefficient (Wildman–Crippen LogP) is 2.86. The fraction of sp³-hybridized carbons (Fsp3) is 0.176. The van der Waals surface area contributed by atoms with Gasteiger partial charge in [-0.2, -0.15) is 0 Å². The summed E-state index contributed by atoms with van der Waals surface area (Å²) >= 11 is 0. The van der Waals surface area contributed by atoms with Crippen molar-refractivity contribution in [2.24, 2.45) is 5.73 Å². The third kappa shape index (κ3) is 3.13. The molecule has 0 unspecified atom stereocenters. The molecule has 0 saturated carbocycles. The SMILES string of the molecule is C[C@H](N)c1nc2ccc(F)cc2cc1-c1cccc(S(C)(=O)=O)n1. The van der Waals surface area contributed by atoms with E-state index < -0.39 is 15.9 Å². The van der Waals surface area contributed by atoms with E-state index in [-0.39, 0.29) is 10.8 Å². The third-order valence-corrected chi connectivity index (χ3v) is 4.60. The largest absolute Gasteiger partial charge is 0.323 e. The Balaban J connectivity index is 2.30. The van der Waals surface area contributed by atoms with Crippen LogP contribution in [-0.2, 0) is 9.84 Å². The van der Waals surface area contributed by atoms with Crippen molar-refractivity contribution in [2.75, 3.05) is 6.26 Å². The first-order valence-corrected chi connectivity index (χ1v) is 9.18. The molecule has 2 heterocycles. The average molecular weight is 345 g/mol. The van der Waals surface area contributed by atoms with E-state index in [0.717, 1.165) is 6.26 Å². The van der Waals surface area contributed by atoms with E-state index in [0.29, 0.717) is 27.9 Å². The van der Waals surface area contributed by atoms with Gasteiger partial charge < -0.3 is 5.73 Å². The van der Waals surface area contributed by atoms with Crippen molar-refractivity contribution < 1.29 is 12.8 Å². The zero-order valence-corrected chi connectivity index (χ0v) is 14.0. The monoisotopic (exact) mass is 345 g/mol. The molecule has 0 aliphatic carbocycles. The van der Waals surface area contributed by atoms with Crippen molar-refractivity contribution in [1.82, 2.24) is 9.97 Å². The molecule has 24 heavy (non-hydrogen) atoms. The molecule has 124 valence electrons. The molecule has 0 amide bonds. The zero-order chi connectivity index (χ0) is 17.5. The molecule has 2 aromatic heterocycles. The minimum Gasteiger partial charge on any atom is -0.323 e. The second kappa shape index (κ2) is 5.92. The van der Waals surface area contributed by atoms with Crippen molar-refractivity contribution >= 4 is 20.7 Å². The lowest BCUT2D eigenvalue weighted by Gasteiger charge is -2.13. The summed E-state index contributed by atoms with van der Waals surface area (Å²) in [4.78, 5) is 8.71. The summed E-state index contributed by atoms with van der Waals surface area (Å²) in [6.45, 7) is 1.78. The van der Waals surface area contributed by atoms with Crippen molar-refractivity contribution in [1.29, 1.82) is 0 Å². The van der Waals surface area contributed by atoms with Crippen LogP contribution in [0.2, 0.25) is 0 Å². The lowest BCUT2D eigenvalue weighted by atomic mass is 10.0. The number of rotatable bonds is 3. The molecule has 0 fully saturated rings. The first-order valence-electron chi connectivity index (χ1n) is 7.29. The maximum atomic E-state index is 13.5. The van der Waals surface area contributed by atoms with Gasteiger partial charge in [0, 0.05) is 23.2 Å². The third-order valence-electron chi connectivity index (χ3n) is 3.62. The molecule has 0 spiro atoms. The topological polar surface area (TPSA) is 85.9 Å². The molecule has 0 bridgehead atoms. The first-order chi connectivity index (χ1) is 11.3. The highest BCUT2D eigenvalue weighted by Gasteiger charge is 2.16. The number of pyridine rings is 2. The van der Waals surface area contributed by atoms with Crippen LogP contribution in [0.15, 0.2) is 47.5 Å². The Kier molecular flexibility index (Phi) is 4.06. The highest BCUT2D eigenvalue weighted by Crippen LogP contribution is 2.29. The Morgan fingerprint density at radius 2 is 1.88 bits per heavy atom. The van der Waals surface area contributed by atoms with Crippen LogP contribution in [0.1, 0.15) is 18.7 Å². The fourth-order valence-electron chi connectivity index (χ4n) is 2.49. The van der Waals surface area contributed by atoms with Crippen molar-refractivity contribution in [3.63, 3.8) is 0 Å². The van der Waals surface area contributed by atoms with Crippen LogP contribution in [0.4, 0.5) is 4.39 Å². The van der Waals surface area contributed by atoms with E-state index in [1.807, 2.05) is 0 Å². The minimum atomic E-state index is -3.44. The van der Waals surface area contributed by atoms with E-state index in [2.05, 4.69) is 9.97 Å².